The van der Waals surface area contributed by atoms with Gasteiger partial charge in [0.1, 0.15) is 6.07 Å². The monoisotopic (exact) mass is 286 g/mol. The van der Waals surface area contributed by atoms with Crippen molar-refractivity contribution in [1.82, 2.24) is 4.90 Å². The smallest absolute Gasteiger partial charge is 0.238 e. The van der Waals surface area contributed by atoms with Crippen LogP contribution in [-0.4, -0.2) is 36.3 Å². The molecule has 110 valence electrons. The molecule has 1 aromatic carbocycles. The fraction of sp³-hybridized carbons (Fsp3) is 0.400. The zero-order chi connectivity index (χ0) is 15.5. The summed E-state index contributed by atoms with van der Waals surface area (Å²) in [5.74, 6) is -0.536. The lowest BCUT2D eigenvalue weighted by molar-refractivity contribution is -0.126. The highest BCUT2D eigenvalue weighted by Crippen LogP contribution is 2.29. The summed E-state index contributed by atoms with van der Waals surface area (Å²) in [6.07, 6.45) is 0.657. The molecule has 3 N–H and O–H groups in total. The van der Waals surface area contributed by atoms with E-state index in [4.69, 9.17) is 11.0 Å². The number of nitrogens with one attached hydrogen (secondary N) is 1. The highest BCUT2D eigenvalue weighted by molar-refractivity contribution is 5.93. The number of carbonyl (C=O) groups excluding carboxylic acids is 2. The van der Waals surface area contributed by atoms with Crippen molar-refractivity contribution in [3.63, 3.8) is 0 Å². The summed E-state index contributed by atoms with van der Waals surface area (Å²) in [7, 11) is 0. The molecular weight excluding hydrogens is 268 g/mol. The number of anilines is 1. The molecule has 0 aliphatic carbocycles. The molecule has 6 nitrogen and oxygen atoms in total. The predicted octanol–water partition coefficient (Wildman–Crippen LogP) is 0.694. The number of para-hydroxylation sites is 1. The van der Waals surface area contributed by atoms with Crippen LogP contribution in [0.1, 0.15) is 18.9 Å². The molecule has 21 heavy (non-hydrogen) atoms. The van der Waals surface area contributed by atoms with Crippen molar-refractivity contribution in [1.29, 1.82) is 5.26 Å². The summed E-state index contributed by atoms with van der Waals surface area (Å²) < 4.78 is 0. The summed E-state index contributed by atoms with van der Waals surface area (Å²) in [5, 5.41) is 11.7. The number of primary amides is 1. The van der Waals surface area contributed by atoms with Crippen LogP contribution in [-0.2, 0) is 9.59 Å². The van der Waals surface area contributed by atoms with Gasteiger partial charge in [-0.25, -0.2) is 0 Å². The number of rotatable bonds is 4. The van der Waals surface area contributed by atoms with E-state index in [1.165, 1.54) is 0 Å². The van der Waals surface area contributed by atoms with Crippen LogP contribution < -0.4 is 11.1 Å². The average molecular weight is 286 g/mol. The zero-order valence-corrected chi connectivity index (χ0v) is 11.9. The molecule has 0 aromatic heterocycles. The molecule has 1 saturated heterocycles. The van der Waals surface area contributed by atoms with Crippen molar-refractivity contribution in [2.75, 3.05) is 25.0 Å². The fourth-order valence-corrected chi connectivity index (χ4v) is 2.48. The number of benzene rings is 1. The van der Waals surface area contributed by atoms with E-state index in [1.807, 2.05) is 17.9 Å². The molecule has 2 rings (SSSR count). The fourth-order valence-electron chi connectivity index (χ4n) is 2.48. The van der Waals surface area contributed by atoms with Crippen LogP contribution in [0.5, 0.6) is 0 Å². The lowest BCUT2D eigenvalue weighted by Crippen LogP contribution is -2.39. The van der Waals surface area contributed by atoms with Gasteiger partial charge in [-0.2, -0.15) is 5.26 Å². The van der Waals surface area contributed by atoms with E-state index in [9.17, 15) is 9.59 Å². The Morgan fingerprint density at radius 1 is 1.48 bits per heavy atom. The molecule has 0 radical (unpaired) electrons. The van der Waals surface area contributed by atoms with Gasteiger partial charge in [0, 0.05) is 6.54 Å². The first kappa shape index (κ1) is 15.0. The maximum absolute atomic E-state index is 12.0. The van der Waals surface area contributed by atoms with Crippen LogP contribution in [0.4, 0.5) is 5.69 Å². The first-order valence-corrected chi connectivity index (χ1v) is 6.76. The number of hydrogen-bond donors (Lipinski definition) is 2. The Morgan fingerprint density at radius 3 is 2.81 bits per heavy atom. The van der Waals surface area contributed by atoms with Gasteiger partial charge in [0.15, 0.2) is 0 Å². The van der Waals surface area contributed by atoms with Gasteiger partial charge in [-0.15, -0.1) is 0 Å². The molecule has 1 unspecified atom stereocenters. The maximum atomic E-state index is 12.0. The number of hydrogen-bond acceptors (Lipinski definition) is 4. The van der Waals surface area contributed by atoms with Gasteiger partial charge in [-0.1, -0.05) is 12.1 Å². The van der Waals surface area contributed by atoms with E-state index in [2.05, 4.69) is 5.32 Å². The van der Waals surface area contributed by atoms with E-state index < -0.39 is 5.41 Å². The first-order chi connectivity index (χ1) is 9.94. The Hall–Kier alpha value is -2.39. The van der Waals surface area contributed by atoms with E-state index in [0.717, 1.165) is 0 Å². The third-order valence-electron chi connectivity index (χ3n) is 3.84. The summed E-state index contributed by atoms with van der Waals surface area (Å²) >= 11 is 0. The quantitative estimate of drug-likeness (QED) is 0.850. The maximum Gasteiger partial charge on any atom is 0.238 e. The number of carbonyl (C=O) groups is 2. The third-order valence-corrected chi connectivity index (χ3v) is 3.84. The Balaban J connectivity index is 1.95. The topological polar surface area (TPSA) is 99.2 Å². The number of nitrogens with two attached hydrogens (primary N) is 1. The summed E-state index contributed by atoms with van der Waals surface area (Å²) in [6, 6.07) is 8.87. The standard InChI is InChI=1S/C15H18N4O2/c1-15(14(17)21)6-7-19(10-15)9-13(20)18-12-5-3-2-4-11(12)8-16/h2-5H,6-7,9-10H2,1H3,(H2,17,21)(H,18,20). The molecule has 1 heterocycles. The second-order valence-corrected chi connectivity index (χ2v) is 5.59. The second kappa shape index (κ2) is 5.94. The van der Waals surface area contributed by atoms with Crippen molar-refractivity contribution < 1.29 is 9.59 Å². The zero-order valence-electron chi connectivity index (χ0n) is 11.9. The van der Waals surface area contributed by atoms with E-state index in [1.54, 1.807) is 24.3 Å². The van der Waals surface area contributed by atoms with Crippen LogP contribution in [0, 0.1) is 16.7 Å². The summed E-state index contributed by atoms with van der Waals surface area (Å²) in [5.41, 5.74) is 5.75. The Kier molecular flexibility index (Phi) is 4.24. The molecule has 0 spiro atoms. The van der Waals surface area contributed by atoms with Crippen LogP contribution in [0.2, 0.25) is 0 Å². The van der Waals surface area contributed by atoms with Crippen molar-refractivity contribution in [3.8, 4) is 6.07 Å². The van der Waals surface area contributed by atoms with Gasteiger partial charge in [0.2, 0.25) is 11.8 Å². The number of nitriles is 1. The normalized spacial score (nSPS) is 21.7. The molecule has 0 bridgehead atoms. The molecule has 1 aliphatic heterocycles. The largest absolute Gasteiger partial charge is 0.369 e. The molecule has 1 aromatic rings. The average Bonchev–Trinajstić information content (AvgIpc) is 2.82. The van der Waals surface area contributed by atoms with Gasteiger partial charge < -0.3 is 11.1 Å². The Labute approximate surface area is 123 Å². The van der Waals surface area contributed by atoms with E-state index in [-0.39, 0.29) is 18.4 Å². The van der Waals surface area contributed by atoms with Gasteiger partial charge >= 0.3 is 0 Å². The van der Waals surface area contributed by atoms with Crippen molar-refractivity contribution >= 4 is 17.5 Å². The molecule has 1 fully saturated rings. The van der Waals surface area contributed by atoms with Gasteiger partial charge in [0.25, 0.3) is 0 Å². The minimum atomic E-state index is -0.565. The molecule has 1 aliphatic rings. The Morgan fingerprint density at radius 2 is 2.19 bits per heavy atom. The van der Waals surface area contributed by atoms with E-state index >= 15 is 0 Å². The number of likely N-dealkylation sites (tertiary alicyclic amines) is 1. The molecule has 6 heteroatoms. The molecule has 1 atom stereocenters. The van der Waals surface area contributed by atoms with Gasteiger partial charge in [0.05, 0.1) is 23.2 Å². The molecule has 0 saturated carbocycles. The van der Waals surface area contributed by atoms with E-state index in [0.29, 0.717) is 30.8 Å². The highest BCUT2D eigenvalue weighted by Gasteiger charge is 2.39. The second-order valence-electron chi connectivity index (χ2n) is 5.59. The van der Waals surface area contributed by atoms with Crippen LogP contribution in [0.25, 0.3) is 0 Å². The predicted molar refractivity (Wildman–Crippen MR) is 78.1 cm³/mol. The lowest BCUT2D eigenvalue weighted by atomic mass is 9.89. The highest BCUT2D eigenvalue weighted by atomic mass is 16.2. The summed E-state index contributed by atoms with van der Waals surface area (Å²) in [6.45, 7) is 3.14. The third kappa shape index (κ3) is 3.38. The van der Waals surface area contributed by atoms with Crippen LogP contribution in [0.3, 0.4) is 0 Å². The first-order valence-electron chi connectivity index (χ1n) is 6.76. The Bertz CT molecular complexity index is 608. The molecule has 2 amide bonds. The minimum absolute atomic E-state index is 0.183. The summed E-state index contributed by atoms with van der Waals surface area (Å²) in [4.78, 5) is 25.3. The van der Waals surface area contributed by atoms with Crippen molar-refractivity contribution in [2.24, 2.45) is 11.1 Å². The SMILES string of the molecule is CC1(C(N)=O)CCN(CC(=O)Nc2ccccc2C#N)C1. The molecular formula is C15H18N4O2. The van der Waals surface area contributed by atoms with Crippen molar-refractivity contribution in [2.45, 2.75) is 13.3 Å². The van der Waals surface area contributed by atoms with Crippen molar-refractivity contribution in [3.05, 3.63) is 29.8 Å². The number of amides is 2. The minimum Gasteiger partial charge on any atom is -0.369 e. The van der Waals surface area contributed by atoms with Gasteiger partial charge in [-0.05, 0) is 32.0 Å². The van der Waals surface area contributed by atoms with Crippen LogP contribution in [0.15, 0.2) is 24.3 Å². The lowest BCUT2D eigenvalue weighted by Gasteiger charge is -2.20. The number of nitrogens with zero attached hydrogens (tertiary/aromatic N) is 2. The van der Waals surface area contributed by atoms with Gasteiger partial charge in [-0.3, -0.25) is 14.5 Å². The van der Waals surface area contributed by atoms with Crippen LogP contribution >= 0.6 is 0 Å².